The quantitative estimate of drug-likeness (QED) is 0.0975. The zero-order valence-electron chi connectivity index (χ0n) is 20.6. The molecule has 0 unspecified atom stereocenters. The Hall–Kier alpha value is 0.700. The Morgan fingerprint density at radius 3 is 1.19 bits per heavy atom. The topological polar surface area (TPSA) is 173 Å². The molecule has 0 fully saturated rings. The first-order chi connectivity index (χ1) is 14.0. The van der Waals surface area contributed by atoms with Gasteiger partial charge in [-0.1, -0.05) is 104 Å². The van der Waals surface area contributed by atoms with Crippen LogP contribution in [0.2, 0.25) is 0 Å². The molecule has 0 aliphatic carbocycles. The van der Waals surface area contributed by atoms with Gasteiger partial charge in [-0.25, -0.2) is 4.18 Å². The van der Waals surface area contributed by atoms with Crippen LogP contribution in [0, 0.1) is 6.92 Å². The molecule has 0 heterocycles. The van der Waals surface area contributed by atoms with E-state index in [4.69, 9.17) is 22.1 Å². The Balaban J connectivity index is -0.000000136. The zero-order chi connectivity index (χ0) is 23.7. The van der Waals surface area contributed by atoms with Crippen molar-refractivity contribution in [1.29, 1.82) is 0 Å². The summed E-state index contributed by atoms with van der Waals surface area (Å²) in [7, 11) is -8.90. The molecule has 6 N–H and O–H groups in total. The summed E-state index contributed by atoms with van der Waals surface area (Å²) in [5.41, 5.74) is 0. The van der Waals surface area contributed by atoms with Gasteiger partial charge in [0, 0.05) is 0 Å². The van der Waals surface area contributed by atoms with Crippen LogP contribution in [0.5, 0.6) is 0 Å². The Morgan fingerprint density at radius 1 is 0.625 bits per heavy atom. The smallest absolute Gasteiger partial charge is 0.344 e. The molecule has 32 heavy (non-hydrogen) atoms. The van der Waals surface area contributed by atoms with E-state index in [1.165, 1.54) is 77.0 Å². The Kier molecular flexibility index (Phi) is 42.4. The third kappa shape index (κ3) is 69.8. The van der Waals surface area contributed by atoms with Crippen molar-refractivity contribution < 1.29 is 64.2 Å². The van der Waals surface area contributed by atoms with Gasteiger partial charge in [-0.05, 0) is 6.42 Å². The van der Waals surface area contributed by atoms with Crippen LogP contribution in [0.1, 0.15) is 117 Å². The van der Waals surface area contributed by atoms with E-state index in [1.807, 2.05) is 0 Å². The first-order valence-electron chi connectivity index (χ1n) is 11.1. The van der Waals surface area contributed by atoms with Crippen molar-refractivity contribution >= 4 is 20.8 Å². The minimum absolute atomic E-state index is 0. The van der Waals surface area contributed by atoms with Crippen molar-refractivity contribution in [2.75, 3.05) is 6.61 Å². The molecular formula is C20H48NNaO8S2. The van der Waals surface area contributed by atoms with E-state index >= 15 is 0 Å². The van der Waals surface area contributed by atoms with Crippen LogP contribution in [0.25, 0.3) is 0 Å². The summed E-state index contributed by atoms with van der Waals surface area (Å²) < 4.78 is 64.6. The molecule has 0 aromatic rings. The molecule has 0 aliphatic rings. The summed E-state index contributed by atoms with van der Waals surface area (Å²) in [6, 6.07) is 0. The fourth-order valence-corrected chi connectivity index (χ4v) is 2.86. The van der Waals surface area contributed by atoms with E-state index in [0.717, 1.165) is 19.3 Å². The van der Waals surface area contributed by atoms with Gasteiger partial charge in [0.2, 0.25) is 0 Å². The second kappa shape index (κ2) is 31.7. The van der Waals surface area contributed by atoms with Crippen LogP contribution >= 0.6 is 0 Å². The molecule has 0 aromatic heterocycles. The van der Waals surface area contributed by atoms with Crippen molar-refractivity contribution in [2.45, 2.75) is 117 Å². The van der Waals surface area contributed by atoms with Crippen LogP contribution < -0.4 is 35.7 Å². The molecule has 0 spiro atoms. The number of hydrogen-bond donors (Lipinski definition) is 4. The first kappa shape index (κ1) is 42.8. The van der Waals surface area contributed by atoms with Crippen molar-refractivity contribution in [3.8, 4) is 0 Å². The summed E-state index contributed by atoms with van der Waals surface area (Å²) in [5.74, 6) is 0. The predicted octanol–water partition coefficient (Wildman–Crippen LogP) is 3.42. The van der Waals surface area contributed by atoms with Crippen LogP contribution in [0.4, 0.5) is 0 Å². The summed E-state index contributed by atoms with van der Waals surface area (Å²) in [5, 5.41) is 0. The molecule has 0 saturated heterocycles. The van der Waals surface area contributed by atoms with Gasteiger partial charge in [-0.2, -0.15) is 23.3 Å². The third-order valence-corrected chi connectivity index (χ3v) is 4.55. The largest absolute Gasteiger partial charge is 1.00 e. The molecule has 0 radical (unpaired) electrons. The maximum atomic E-state index is 10.2. The van der Waals surface area contributed by atoms with E-state index in [1.54, 1.807) is 0 Å². The van der Waals surface area contributed by atoms with E-state index in [0.29, 0.717) is 6.42 Å². The summed E-state index contributed by atoms with van der Waals surface area (Å²) >= 11 is 0. The van der Waals surface area contributed by atoms with Crippen LogP contribution in [-0.2, 0) is 25.0 Å². The Morgan fingerprint density at radius 2 is 0.906 bits per heavy atom. The maximum Gasteiger partial charge on any atom is 1.00 e. The monoisotopic (exact) mass is 517 g/mol. The summed E-state index contributed by atoms with van der Waals surface area (Å²) in [6.07, 6.45) is 19.8. The van der Waals surface area contributed by atoms with Crippen molar-refractivity contribution in [3.63, 3.8) is 0 Å². The predicted molar refractivity (Wildman–Crippen MR) is 127 cm³/mol. The third-order valence-electron chi connectivity index (χ3n) is 4.08. The minimum Gasteiger partial charge on any atom is -0.344 e. The van der Waals surface area contributed by atoms with Crippen molar-refractivity contribution in [1.82, 2.24) is 6.15 Å². The zero-order valence-corrected chi connectivity index (χ0v) is 24.3. The molecule has 0 aliphatic heterocycles. The molecular weight excluding hydrogens is 469 g/mol. The maximum absolute atomic E-state index is 10.2. The van der Waals surface area contributed by atoms with Gasteiger partial charge in [0.15, 0.2) is 0 Å². The van der Waals surface area contributed by atoms with E-state index in [9.17, 15) is 8.42 Å². The average Bonchev–Trinajstić information content (AvgIpc) is 2.62. The number of rotatable bonds is 17. The van der Waals surface area contributed by atoms with E-state index < -0.39 is 20.8 Å². The number of unbranched alkanes of at least 4 members (excludes halogenated alkanes) is 14. The average molecular weight is 518 g/mol. The second-order valence-corrected chi connectivity index (χ2v) is 9.13. The molecule has 194 valence electrons. The van der Waals surface area contributed by atoms with Gasteiger partial charge < -0.3 is 13.1 Å². The molecule has 0 saturated carbocycles. The van der Waals surface area contributed by atoms with Gasteiger partial charge >= 0.3 is 50.4 Å². The van der Waals surface area contributed by atoms with Gasteiger partial charge in [-0.15, -0.1) is 0 Å². The van der Waals surface area contributed by atoms with E-state index in [-0.39, 0.29) is 42.3 Å². The number of hydrogen-bond acceptors (Lipinski definition) is 6. The second-order valence-electron chi connectivity index (χ2n) is 7.15. The van der Waals surface area contributed by atoms with Crippen LogP contribution in [-0.4, -0.2) is 37.1 Å². The molecule has 0 aromatic carbocycles. The Labute approximate surface area is 220 Å². The van der Waals surface area contributed by atoms with Crippen molar-refractivity contribution in [2.24, 2.45) is 0 Å². The Bertz CT molecular complexity index is 518. The van der Waals surface area contributed by atoms with Gasteiger partial charge in [0.25, 0.3) is 0 Å². The normalized spacial score (nSPS) is 10.6. The first-order valence-corrected chi connectivity index (χ1v) is 13.8. The molecule has 0 rings (SSSR count). The standard InChI is InChI=1S/C12H26O4S.C8H17.H3N.Na.H2O4S/c1-2-3-4-5-6-7-8-9-10-11-12-16-17(13,14)15;1-3-5-7-8-6-4-2;;;1-5(2,3)4/h2-12H2,1H3,(H,13,14,15);1,3-8H2,2H3;1H3;;(H2,1,2,3,4)/q;-1;;+1;. The fourth-order valence-electron chi connectivity index (χ4n) is 2.53. The van der Waals surface area contributed by atoms with Gasteiger partial charge in [-0.3, -0.25) is 13.7 Å². The minimum atomic E-state index is -4.67. The fraction of sp³-hybridized carbons (Fsp3) is 0.950. The summed E-state index contributed by atoms with van der Waals surface area (Å²) in [4.78, 5) is 0. The van der Waals surface area contributed by atoms with E-state index in [2.05, 4.69) is 25.0 Å². The van der Waals surface area contributed by atoms with Crippen LogP contribution in [0.15, 0.2) is 0 Å². The molecule has 12 heteroatoms. The van der Waals surface area contributed by atoms with Crippen molar-refractivity contribution in [3.05, 3.63) is 6.92 Å². The van der Waals surface area contributed by atoms with Crippen LogP contribution in [0.3, 0.4) is 0 Å². The molecule has 0 bridgehead atoms. The van der Waals surface area contributed by atoms with Gasteiger partial charge in [0.1, 0.15) is 0 Å². The molecule has 0 amide bonds. The SMILES string of the molecule is CCCCCCCCCCCCOS(=O)(=O)O.N.O=S(=O)(O)O.[CH2-]CCCCCCC.[Na+]. The summed E-state index contributed by atoms with van der Waals surface area (Å²) in [6.45, 7) is 8.33. The molecule has 9 nitrogen and oxygen atoms in total. The van der Waals surface area contributed by atoms with Gasteiger partial charge in [0.05, 0.1) is 6.61 Å². The molecule has 0 atom stereocenters.